The monoisotopic (exact) mass is 541 g/mol. The summed E-state index contributed by atoms with van der Waals surface area (Å²) in [4.78, 5) is 16.2. The van der Waals surface area contributed by atoms with Crippen LogP contribution in [0.15, 0.2) is 42.7 Å². The van der Waals surface area contributed by atoms with Gasteiger partial charge in [-0.3, -0.25) is 4.98 Å². The average molecular weight is 542 g/mol. The number of aliphatic hydroxyl groups is 1. The van der Waals surface area contributed by atoms with Gasteiger partial charge in [0.15, 0.2) is 5.82 Å². The molecule has 3 heterocycles. The predicted molar refractivity (Wildman–Crippen MR) is 153 cm³/mol. The first-order chi connectivity index (χ1) is 18.3. The fourth-order valence-corrected chi connectivity index (χ4v) is 5.84. The normalized spacial score (nSPS) is 15.8. The maximum Gasteiger partial charge on any atom is 0.216 e. The maximum atomic E-state index is 12.5. The van der Waals surface area contributed by atoms with Crippen LogP contribution in [0.1, 0.15) is 27.2 Å². The van der Waals surface area contributed by atoms with Crippen molar-refractivity contribution >= 4 is 32.6 Å². The quantitative estimate of drug-likeness (QED) is 0.297. The second-order valence-electron chi connectivity index (χ2n) is 9.89. The molecule has 2 aromatic heterocycles. The minimum Gasteiger partial charge on any atom is -0.395 e. The summed E-state index contributed by atoms with van der Waals surface area (Å²) in [7, 11) is -3.22. The van der Waals surface area contributed by atoms with Crippen molar-refractivity contribution in [3.8, 4) is 11.3 Å². The van der Waals surface area contributed by atoms with Crippen molar-refractivity contribution in [2.75, 3.05) is 62.6 Å². The molecule has 0 amide bonds. The van der Waals surface area contributed by atoms with Crippen LogP contribution in [0, 0.1) is 5.92 Å². The highest BCUT2D eigenvalue weighted by Crippen LogP contribution is 2.28. The Morgan fingerprint density at radius 1 is 1.03 bits per heavy atom. The lowest BCUT2D eigenvalue weighted by molar-refractivity contribution is 0.288. The average Bonchev–Trinajstić information content (AvgIpc) is 2.94. The molecule has 1 fully saturated rings. The van der Waals surface area contributed by atoms with Crippen LogP contribution < -0.4 is 15.5 Å². The van der Waals surface area contributed by atoms with E-state index in [1.165, 1.54) is 0 Å². The Balaban J connectivity index is 1.48. The molecule has 0 aliphatic carbocycles. The molecule has 0 radical (unpaired) electrons. The van der Waals surface area contributed by atoms with Crippen LogP contribution in [0.2, 0.25) is 0 Å². The number of piperazine rings is 1. The summed E-state index contributed by atoms with van der Waals surface area (Å²) >= 11 is 0. The molecular weight excluding hydrogens is 502 g/mol. The molecule has 1 aliphatic heterocycles. The van der Waals surface area contributed by atoms with E-state index in [9.17, 15) is 8.42 Å². The molecule has 38 heavy (non-hydrogen) atoms. The van der Waals surface area contributed by atoms with Gasteiger partial charge >= 0.3 is 0 Å². The highest BCUT2D eigenvalue weighted by atomic mass is 32.2. The van der Waals surface area contributed by atoms with Crippen LogP contribution in [0.5, 0.6) is 0 Å². The molecule has 11 heteroatoms. The Morgan fingerprint density at radius 3 is 2.39 bits per heavy atom. The fraction of sp³-hybridized carbons (Fsp3) is 0.519. The lowest BCUT2D eigenvalue weighted by atomic mass is 10.1. The lowest BCUT2D eigenvalue weighted by Gasteiger charge is -2.36. The van der Waals surface area contributed by atoms with E-state index in [4.69, 9.17) is 10.1 Å². The number of nitrogens with one attached hydrogen (secondary N) is 2. The summed E-state index contributed by atoms with van der Waals surface area (Å²) in [5, 5.41) is 15.4. The van der Waals surface area contributed by atoms with E-state index in [0.717, 1.165) is 47.5 Å². The van der Waals surface area contributed by atoms with Crippen LogP contribution >= 0.6 is 0 Å². The molecule has 206 valence electrons. The highest BCUT2D eigenvalue weighted by molar-refractivity contribution is 7.89. The number of fused-ring (bicyclic) bond motifs is 1. The van der Waals surface area contributed by atoms with Gasteiger partial charge in [0.1, 0.15) is 5.52 Å². The molecule has 4 rings (SSSR count). The van der Waals surface area contributed by atoms with Gasteiger partial charge in [-0.15, -0.1) is 0 Å². The number of anilines is 2. The third-order valence-electron chi connectivity index (χ3n) is 7.04. The van der Waals surface area contributed by atoms with E-state index in [1.54, 1.807) is 30.5 Å². The SMILES string of the molecule is CCC(CNCCO)CNc1nc(-c2ccc(N3CCN(S(=O)(=O)C(C)C)CC3)cc2)cc2nccnc12. The van der Waals surface area contributed by atoms with Gasteiger partial charge in [0.05, 0.1) is 23.1 Å². The van der Waals surface area contributed by atoms with Crippen molar-refractivity contribution in [3.63, 3.8) is 0 Å². The van der Waals surface area contributed by atoms with Crippen LogP contribution in [-0.2, 0) is 10.0 Å². The standard InChI is InChI=1S/C27H39N7O3S/c1-4-21(18-28-11-16-35)19-31-27-26-25(29-9-10-30-26)17-24(32-27)22-5-7-23(8-6-22)33-12-14-34(15-13-33)38(36,37)20(2)3/h5-10,17,20-21,28,35H,4,11-16,18-19H2,1-3H3,(H,31,32). The van der Waals surface area contributed by atoms with Gasteiger partial charge in [0.2, 0.25) is 10.0 Å². The number of nitrogens with zero attached hydrogens (tertiary/aromatic N) is 5. The van der Waals surface area contributed by atoms with E-state index >= 15 is 0 Å². The van der Waals surface area contributed by atoms with Crippen molar-refractivity contribution in [3.05, 3.63) is 42.7 Å². The van der Waals surface area contributed by atoms with Gasteiger partial charge in [-0.1, -0.05) is 25.5 Å². The van der Waals surface area contributed by atoms with Crippen LogP contribution in [-0.4, -0.2) is 90.5 Å². The number of benzene rings is 1. The van der Waals surface area contributed by atoms with Crippen LogP contribution in [0.3, 0.4) is 0 Å². The molecule has 1 atom stereocenters. The van der Waals surface area contributed by atoms with Crippen molar-refractivity contribution in [1.29, 1.82) is 0 Å². The summed E-state index contributed by atoms with van der Waals surface area (Å²) in [6, 6.07) is 10.2. The van der Waals surface area contributed by atoms with Crippen LogP contribution in [0.25, 0.3) is 22.3 Å². The second kappa shape index (κ2) is 12.8. The number of pyridine rings is 1. The van der Waals surface area contributed by atoms with Crippen molar-refractivity contribution in [2.24, 2.45) is 5.92 Å². The Morgan fingerprint density at radius 2 is 1.74 bits per heavy atom. The Kier molecular flexibility index (Phi) is 9.48. The lowest BCUT2D eigenvalue weighted by Crippen LogP contribution is -2.50. The molecule has 10 nitrogen and oxygen atoms in total. The third-order valence-corrected chi connectivity index (χ3v) is 9.31. The summed E-state index contributed by atoms with van der Waals surface area (Å²) in [5.74, 6) is 1.09. The molecule has 0 bridgehead atoms. The molecular formula is C27H39N7O3S. The first-order valence-corrected chi connectivity index (χ1v) is 14.8. The van der Waals surface area contributed by atoms with Gasteiger partial charge in [-0.2, -0.15) is 4.31 Å². The minimum atomic E-state index is -3.22. The number of aromatic nitrogens is 3. The molecule has 1 aliphatic rings. The van der Waals surface area contributed by atoms with E-state index in [0.29, 0.717) is 44.5 Å². The Labute approximate surface area is 225 Å². The first-order valence-electron chi connectivity index (χ1n) is 13.3. The first kappa shape index (κ1) is 28.2. The van der Waals surface area contributed by atoms with Gasteiger partial charge < -0.3 is 20.6 Å². The van der Waals surface area contributed by atoms with E-state index < -0.39 is 15.3 Å². The van der Waals surface area contributed by atoms with E-state index in [-0.39, 0.29) is 6.61 Å². The van der Waals surface area contributed by atoms with Gasteiger partial charge in [-0.05, 0) is 44.5 Å². The Bertz CT molecular complexity index is 1290. The molecule has 3 N–H and O–H groups in total. The second-order valence-corrected chi connectivity index (χ2v) is 12.4. The molecule has 1 unspecified atom stereocenters. The topological polar surface area (TPSA) is 124 Å². The fourth-order valence-electron chi connectivity index (χ4n) is 4.57. The minimum absolute atomic E-state index is 0.128. The third kappa shape index (κ3) is 6.58. The number of hydrogen-bond acceptors (Lipinski definition) is 9. The smallest absolute Gasteiger partial charge is 0.216 e. The number of hydrogen-bond donors (Lipinski definition) is 3. The summed E-state index contributed by atoms with van der Waals surface area (Å²) in [6.07, 6.45) is 4.36. The molecule has 0 saturated carbocycles. The summed E-state index contributed by atoms with van der Waals surface area (Å²) in [5.41, 5.74) is 4.36. The van der Waals surface area contributed by atoms with Crippen molar-refractivity contribution in [2.45, 2.75) is 32.4 Å². The van der Waals surface area contributed by atoms with Crippen molar-refractivity contribution < 1.29 is 13.5 Å². The summed E-state index contributed by atoms with van der Waals surface area (Å²) < 4.78 is 26.6. The Hall–Kier alpha value is -2.86. The molecule has 0 spiro atoms. The maximum absolute atomic E-state index is 12.5. The molecule has 1 saturated heterocycles. The van der Waals surface area contributed by atoms with E-state index in [2.05, 4.69) is 56.7 Å². The van der Waals surface area contributed by atoms with Crippen molar-refractivity contribution in [1.82, 2.24) is 24.6 Å². The zero-order valence-electron chi connectivity index (χ0n) is 22.5. The zero-order valence-corrected chi connectivity index (χ0v) is 23.3. The van der Waals surface area contributed by atoms with E-state index in [1.807, 2.05) is 6.07 Å². The summed E-state index contributed by atoms with van der Waals surface area (Å²) in [6.45, 7) is 10.2. The number of aliphatic hydroxyl groups excluding tert-OH is 1. The molecule has 3 aromatic rings. The highest BCUT2D eigenvalue weighted by Gasteiger charge is 2.29. The number of sulfonamides is 1. The predicted octanol–water partition coefficient (Wildman–Crippen LogP) is 2.57. The van der Waals surface area contributed by atoms with Crippen LogP contribution in [0.4, 0.5) is 11.5 Å². The van der Waals surface area contributed by atoms with Gasteiger partial charge in [-0.25, -0.2) is 18.4 Å². The largest absolute Gasteiger partial charge is 0.395 e. The molecule has 1 aromatic carbocycles. The van der Waals surface area contributed by atoms with Gasteiger partial charge in [0.25, 0.3) is 0 Å². The van der Waals surface area contributed by atoms with Gasteiger partial charge in [0, 0.05) is 62.9 Å². The zero-order chi connectivity index (χ0) is 27.1. The number of rotatable bonds is 12.